The van der Waals surface area contributed by atoms with Gasteiger partial charge in [0.2, 0.25) is 11.8 Å². The van der Waals surface area contributed by atoms with Gasteiger partial charge in [-0.15, -0.1) is 0 Å². The number of urea groups is 1. The molecule has 0 saturated heterocycles. The number of nitrogens with one attached hydrogen (secondary N) is 2. The fourth-order valence-corrected chi connectivity index (χ4v) is 1.78. The molecule has 0 fully saturated rings. The summed E-state index contributed by atoms with van der Waals surface area (Å²) in [4.78, 5) is 19.6. The first kappa shape index (κ1) is 18.0. The van der Waals surface area contributed by atoms with Gasteiger partial charge in [-0.2, -0.15) is 15.1 Å². The number of hydrazone groups is 1. The molecule has 0 radical (unpaired) electrons. The van der Waals surface area contributed by atoms with Crippen molar-refractivity contribution >= 4 is 12.2 Å². The van der Waals surface area contributed by atoms with Gasteiger partial charge in [0.15, 0.2) is 0 Å². The van der Waals surface area contributed by atoms with Crippen LogP contribution in [-0.4, -0.2) is 43.0 Å². The standard InChI is InChI=1S/C16H19N5O4/c1-4-17-15(22)21-18-10-11-7-5-6-8-12(11)25-16-19-13(23-2)9-14(20-16)24-3/h5-10H,4H2,1-3H3,(H2,17,21,22). The minimum atomic E-state index is -0.391. The molecule has 132 valence electrons. The minimum Gasteiger partial charge on any atom is -0.481 e. The molecule has 0 aliphatic heterocycles. The number of ether oxygens (including phenoxy) is 3. The van der Waals surface area contributed by atoms with E-state index in [0.717, 1.165) is 0 Å². The highest BCUT2D eigenvalue weighted by Crippen LogP contribution is 2.25. The SMILES string of the molecule is CCNC(=O)NN=Cc1ccccc1Oc1nc(OC)cc(OC)n1. The molecule has 0 spiro atoms. The van der Waals surface area contributed by atoms with Gasteiger partial charge in [-0.3, -0.25) is 0 Å². The molecule has 1 aromatic carbocycles. The van der Waals surface area contributed by atoms with Crippen molar-refractivity contribution in [3.05, 3.63) is 35.9 Å². The van der Waals surface area contributed by atoms with Crippen molar-refractivity contribution in [3.8, 4) is 23.5 Å². The summed E-state index contributed by atoms with van der Waals surface area (Å²) in [5.41, 5.74) is 2.98. The van der Waals surface area contributed by atoms with Crippen molar-refractivity contribution in [1.82, 2.24) is 20.7 Å². The number of aromatic nitrogens is 2. The predicted molar refractivity (Wildman–Crippen MR) is 91.5 cm³/mol. The van der Waals surface area contributed by atoms with Crippen LogP contribution in [0, 0.1) is 0 Å². The molecule has 25 heavy (non-hydrogen) atoms. The van der Waals surface area contributed by atoms with Crippen LogP contribution in [0.4, 0.5) is 4.79 Å². The van der Waals surface area contributed by atoms with Gasteiger partial charge >= 0.3 is 12.0 Å². The Morgan fingerprint density at radius 2 is 1.88 bits per heavy atom. The Hall–Kier alpha value is -3.36. The molecule has 0 aliphatic rings. The van der Waals surface area contributed by atoms with E-state index in [1.807, 2.05) is 13.0 Å². The molecule has 2 amide bonds. The van der Waals surface area contributed by atoms with E-state index in [1.165, 1.54) is 26.5 Å². The van der Waals surface area contributed by atoms with E-state index in [0.29, 0.717) is 29.6 Å². The maximum Gasteiger partial charge on any atom is 0.335 e. The van der Waals surface area contributed by atoms with E-state index < -0.39 is 6.03 Å². The van der Waals surface area contributed by atoms with E-state index in [9.17, 15) is 4.79 Å². The summed E-state index contributed by atoms with van der Waals surface area (Å²) < 4.78 is 15.9. The van der Waals surface area contributed by atoms with Crippen molar-refractivity contribution in [2.75, 3.05) is 20.8 Å². The third-order valence-electron chi connectivity index (χ3n) is 2.90. The van der Waals surface area contributed by atoms with Crippen molar-refractivity contribution in [1.29, 1.82) is 0 Å². The number of carbonyl (C=O) groups excluding carboxylic acids is 1. The molecule has 1 aromatic heterocycles. The van der Waals surface area contributed by atoms with Gasteiger partial charge in [0.05, 0.1) is 26.5 Å². The van der Waals surface area contributed by atoms with Gasteiger partial charge in [-0.05, 0) is 19.1 Å². The van der Waals surface area contributed by atoms with Crippen molar-refractivity contribution in [2.45, 2.75) is 6.92 Å². The van der Waals surface area contributed by atoms with E-state index in [2.05, 4.69) is 25.8 Å². The number of para-hydroxylation sites is 1. The summed E-state index contributed by atoms with van der Waals surface area (Å²) in [6.07, 6.45) is 1.46. The van der Waals surface area contributed by atoms with Gasteiger partial charge in [-0.1, -0.05) is 12.1 Å². The second-order valence-electron chi connectivity index (χ2n) is 4.60. The summed E-state index contributed by atoms with van der Waals surface area (Å²) in [5.74, 6) is 1.08. The number of nitrogens with zero attached hydrogens (tertiary/aromatic N) is 3. The Kier molecular flexibility index (Phi) is 6.52. The first-order chi connectivity index (χ1) is 12.2. The molecule has 0 aliphatic carbocycles. The third kappa shape index (κ3) is 5.34. The summed E-state index contributed by atoms with van der Waals surface area (Å²) in [5, 5.41) is 6.44. The highest BCUT2D eigenvalue weighted by molar-refractivity contribution is 5.85. The number of rotatable bonds is 7. The molecule has 0 bridgehead atoms. The molecule has 2 aromatic rings. The summed E-state index contributed by atoms with van der Waals surface area (Å²) >= 11 is 0. The smallest absolute Gasteiger partial charge is 0.335 e. The van der Waals surface area contributed by atoms with Crippen LogP contribution in [0.2, 0.25) is 0 Å². The summed E-state index contributed by atoms with van der Waals surface area (Å²) in [6.45, 7) is 2.32. The fraction of sp³-hybridized carbons (Fsp3) is 0.250. The van der Waals surface area contributed by atoms with Gasteiger partial charge in [0, 0.05) is 12.1 Å². The fourth-order valence-electron chi connectivity index (χ4n) is 1.78. The summed E-state index contributed by atoms with van der Waals surface area (Å²) in [6, 6.07) is 8.32. The van der Waals surface area contributed by atoms with Gasteiger partial charge in [-0.25, -0.2) is 10.2 Å². The Labute approximate surface area is 145 Å². The second kappa shape index (κ2) is 9.06. The summed E-state index contributed by atoms with van der Waals surface area (Å²) in [7, 11) is 2.97. The Bertz CT molecular complexity index is 729. The maximum atomic E-state index is 11.3. The quantitative estimate of drug-likeness (QED) is 0.587. The molecule has 0 saturated carbocycles. The average Bonchev–Trinajstić information content (AvgIpc) is 2.63. The van der Waals surface area contributed by atoms with Crippen LogP contribution in [0.1, 0.15) is 12.5 Å². The Morgan fingerprint density at radius 1 is 1.20 bits per heavy atom. The van der Waals surface area contributed by atoms with E-state index in [1.54, 1.807) is 18.2 Å². The molecule has 1 heterocycles. The van der Waals surface area contributed by atoms with Gasteiger partial charge in [0.25, 0.3) is 0 Å². The van der Waals surface area contributed by atoms with Crippen LogP contribution in [0.3, 0.4) is 0 Å². The van der Waals surface area contributed by atoms with Crippen LogP contribution in [0.25, 0.3) is 0 Å². The lowest BCUT2D eigenvalue weighted by molar-refractivity contribution is 0.242. The lowest BCUT2D eigenvalue weighted by atomic mass is 10.2. The van der Waals surface area contributed by atoms with Gasteiger partial charge in [0.1, 0.15) is 5.75 Å². The third-order valence-corrected chi connectivity index (χ3v) is 2.90. The Morgan fingerprint density at radius 3 is 2.52 bits per heavy atom. The van der Waals surface area contributed by atoms with Crippen LogP contribution in [-0.2, 0) is 0 Å². The van der Waals surface area contributed by atoms with Crippen molar-refractivity contribution in [2.24, 2.45) is 5.10 Å². The van der Waals surface area contributed by atoms with E-state index >= 15 is 0 Å². The Balaban J connectivity index is 2.18. The molecule has 9 heteroatoms. The van der Waals surface area contributed by atoms with Crippen molar-refractivity contribution < 1.29 is 19.0 Å². The minimum absolute atomic E-state index is 0.0636. The average molecular weight is 345 g/mol. The zero-order chi connectivity index (χ0) is 18.1. The molecule has 0 atom stereocenters. The number of benzene rings is 1. The molecule has 2 rings (SSSR count). The molecular weight excluding hydrogens is 326 g/mol. The number of hydrogen-bond acceptors (Lipinski definition) is 7. The highest BCUT2D eigenvalue weighted by atomic mass is 16.5. The normalized spacial score (nSPS) is 10.4. The molecular formula is C16H19N5O4. The van der Waals surface area contributed by atoms with Crippen molar-refractivity contribution in [3.63, 3.8) is 0 Å². The number of carbonyl (C=O) groups is 1. The lowest BCUT2D eigenvalue weighted by Crippen LogP contribution is -2.31. The first-order valence-electron chi connectivity index (χ1n) is 7.47. The van der Waals surface area contributed by atoms with E-state index in [4.69, 9.17) is 14.2 Å². The molecule has 2 N–H and O–H groups in total. The highest BCUT2D eigenvalue weighted by Gasteiger charge is 2.09. The maximum absolute atomic E-state index is 11.3. The zero-order valence-electron chi connectivity index (χ0n) is 14.1. The predicted octanol–water partition coefficient (Wildman–Crippen LogP) is 1.94. The number of amides is 2. The zero-order valence-corrected chi connectivity index (χ0v) is 14.1. The van der Waals surface area contributed by atoms with Gasteiger partial charge < -0.3 is 19.5 Å². The van der Waals surface area contributed by atoms with Crippen LogP contribution in [0.15, 0.2) is 35.4 Å². The van der Waals surface area contributed by atoms with Crippen LogP contribution < -0.4 is 25.0 Å². The van der Waals surface area contributed by atoms with E-state index in [-0.39, 0.29) is 6.01 Å². The largest absolute Gasteiger partial charge is 0.481 e. The number of hydrogen-bond donors (Lipinski definition) is 2. The lowest BCUT2D eigenvalue weighted by Gasteiger charge is -2.09. The van der Waals surface area contributed by atoms with Crippen LogP contribution in [0.5, 0.6) is 23.5 Å². The first-order valence-corrected chi connectivity index (χ1v) is 7.47. The topological polar surface area (TPSA) is 107 Å². The molecule has 9 nitrogen and oxygen atoms in total. The molecule has 0 unspecified atom stereocenters. The number of methoxy groups -OCH3 is 2. The monoisotopic (exact) mass is 345 g/mol. The van der Waals surface area contributed by atoms with Crippen LogP contribution >= 0.6 is 0 Å². The second-order valence-corrected chi connectivity index (χ2v) is 4.60.